The molecule has 18 heavy (non-hydrogen) atoms. The zero-order valence-corrected chi connectivity index (χ0v) is 10.1. The summed E-state index contributed by atoms with van der Waals surface area (Å²) in [4.78, 5) is 34.7. The first-order chi connectivity index (χ1) is 8.54. The van der Waals surface area contributed by atoms with Gasteiger partial charge in [-0.25, -0.2) is 9.59 Å². The molecule has 1 fully saturated rings. The normalized spacial score (nSPS) is 14.5. The lowest BCUT2D eigenvalue weighted by molar-refractivity contribution is -0.131. The molecule has 0 atom stereocenters. The number of amides is 3. The highest BCUT2D eigenvalue weighted by Gasteiger charge is 2.32. The zero-order valence-electron chi connectivity index (χ0n) is 10.1. The van der Waals surface area contributed by atoms with Crippen LogP contribution in [0.3, 0.4) is 0 Å². The van der Waals surface area contributed by atoms with Gasteiger partial charge in [0.15, 0.2) is 0 Å². The lowest BCUT2D eigenvalue weighted by Crippen LogP contribution is -2.45. The molecule has 7 nitrogen and oxygen atoms in total. The molecule has 0 radical (unpaired) electrons. The second-order valence-corrected chi connectivity index (χ2v) is 3.88. The van der Waals surface area contributed by atoms with Crippen LogP contribution < -0.4 is 5.32 Å². The van der Waals surface area contributed by atoms with Crippen LogP contribution >= 0.6 is 0 Å². The molecule has 2 N–H and O–H groups in total. The first-order valence-electron chi connectivity index (χ1n) is 5.56. The maximum absolute atomic E-state index is 11.7. The first-order valence-corrected chi connectivity index (χ1v) is 5.56. The van der Waals surface area contributed by atoms with Crippen LogP contribution in [0.2, 0.25) is 0 Å². The summed E-state index contributed by atoms with van der Waals surface area (Å²) in [7, 11) is 1.53. The van der Waals surface area contributed by atoms with Crippen molar-refractivity contribution in [1.82, 2.24) is 10.2 Å². The molecule has 0 aromatic heterocycles. The number of methoxy groups -OCH3 is 1. The lowest BCUT2D eigenvalue weighted by Gasteiger charge is -2.21. The van der Waals surface area contributed by atoms with E-state index in [0.717, 1.165) is 18.9 Å². The third kappa shape index (κ3) is 4.96. The number of carbonyl (C=O) groups excluding carboxylic acids is 2. The fraction of sp³-hybridized carbons (Fsp3) is 0.545. The maximum Gasteiger partial charge on any atom is 0.328 e. The SMILES string of the molecule is COCCN(C(=O)NC(=O)/C=C/C(=O)O)C1CC1. The van der Waals surface area contributed by atoms with Crippen LogP contribution in [0.1, 0.15) is 12.8 Å². The van der Waals surface area contributed by atoms with Gasteiger partial charge in [-0.2, -0.15) is 0 Å². The number of hydrogen-bond acceptors (Lipinski definition) is 4. The number of nitrogens with zero attached hydrogens (tertiary/aromatic N) is 1. The summed E-state index contributed by atoms with van der Waals surface area (Å²) in [5.74, 6) is -1.98. The molecule has 0 aromatic carbocycles. The van der Waals surface area contributed by atoms with E-state index in [9.17, 15) is 14.4 Å². The average Bonchev–Trinajstić information content (AvgIpc) is 3.11. The predicted octanol–water partition coefficient (Wildman–Crippen LogP) is -0.0258. The molecular formula is C11H16N2O5. The quantitative estimate of drug-likeness (QED) is 0.651. The summed E-state index contributed by atoms with van der Waals surface area (Å²) in [6, 6.07) is -0.369. The third-order valence-corrected chi connectivity index (χ3v) is 2.39. The summed E-state index contributed by atoms with van der Waals surface area (Å²) in [6.45, 7) is 0.798. The van der Waals surface area contributed by atoms with Crippen LogP contribution in [-0.2, 0) is 14.3 Å². The van der Waals surface area contributed by atoms with Gasteiger partial charge < -0.3 is 14.7 Å². The van der Waals surface area contributed by atoms with E-state index in [1.165, 1.54) is 12.0 Å². The van der Waals surface area contributed by atoms with Crippen LogP contribution in [-0.4, -0.2) is 54.2 Å². The highest BCUT2D eigenvalue weighted by atomic mass is 16.5. The van der Waals surface area contributed by atoms with E-state index < -0.39 is 17.9 Å². The topological polar surface area (TPSA) is 95.9 Å². The van der Waals surface area contributed by atoms with Gasteiger partial charge in [0, 0.05) is 31.8 Å². The minimum atomic E-state index is -1.24. The number of nitrogens with one attached hydrogen (secondary N) is 1. The second kappa shape index (κ2) is 6.75. The van der Waals surface area contributed by atoms with E-state index in [4.69, 9.17) is 9.84 Å². The van der Waals surface area contributed by atoms with Crippen molar-refractivity contribution in [2.45, 2.75) is 18.9 Å². The highest BCUT2D eigenvalue weighted by molar-refractivity contribution is 6.02. The minimum Gasteiger partial charge on any atom is -0.478 e. The van der Waals surface area contributed by atoms with Crippen LogP contribution in [0.5, 0.6) is 0 Å². The van der Waals surface area contributed by atoms with Crippen molar-refractivity contribution in [3.8, 4) is 0 Å². The van der Waals surface area contributed by atoms with Gasteiger partial charge in [-0.3, -0.25) is 10.1 Å². The molecular weight excluding hydrogens is 240 g/mol. The molecule has 0 aliphatic heterocycles. The van der Waals surface area contributed by atoms with E-state index >= 15 is 0 Å². The Kier molecular flexibility index (Phi) is 5.31. The molecule has 0 aromatic rings. The molecule has 3 amide bonds. The number of carboxylic acids is 1. The summed E-state index contributed by atoms with van der Waals surface area (Å²) in [6.07, 6.45) is 3.31. The van der Waals surface area contributed by atoms with E-state index in [1.807, 2.05) is 0 Å². The number of imide groups is 1. The maximum atomic E-state index is 11.7. The Labute approximate surface area is 104 Å². The van der Waals surface area contributed by atoms with Crippen molar-refractivity contribution in [2.24, 2.45) is 0 Å². The molecule has 7 heteroatoms. The van der Waals surface area contributed by atoms with Crippen molar-refractivity contribution in [3.63, 3.8) is 0 Å². The van der Waals surface area contributed by atoms with Gasteiger partial charge in [0.1, 0.15) is 0 Å². The first kappa shape index (κ1) is 14.2. The number of urea groups is 1. The molecule has 1 aliphatic carbocycles. The molecule has 0 saturated heterocycles. The van der Waals surface area contributed by atoms with E-state index in [1.54, 1.807) is 0 Å². The molecule has 0 heterocycles. The smallest absolute Gasteiger partial charge is 0.328 e. The Morgan fingerprint density at radius 1 is 1.39 bits per heavy atom. The van der Waals surface area contributed by atoms with Gasteiger partial charge in [0.2, 0.25) is 0 Å². The number of rotatable bonds is 6. The average molecular weight is 256 g/mol. The number of carboxylic acid groups (broad SMARTS) is 1. The van der Waals surface area contributed by atoms with E-state index in [0.29, 0.717) is 19.2 Å². The van der Waals surface area contributed by atoms with Crippen molar-refractivity contribution in [2.75, 3.05) is 20.3 Å². The minimum absolute atomic E-state index is 0.149. The van der Waals surface area contributed by atoms with Gasteiger partial charge in [-0.05, 0) is 12.8 Å². The van der Waals surface area contributed by atoms with Crippen LogP contribution in [0.4, 0.5) is 4.79 Å². The summed E-state index contributed by atoms with van der Waals surface area (Å²) in [5, 5.41) is 10.4. The Morgan fingerprint density at radius 3 is 2.56 bits per heavy atom. The Hall–Kier alpha value is -1.89. The van der Waals surface area contributed by atoms with Gasteiger partial charge in [0.05, 0.1) is 6.61 Å². The highest BCUT2D eigenvalue weighted by Crippen LogP contribution is 2.26. The predicted molar refractivity (Wildman–Crippen MR) is 61.9 cm³/mol. The Balaban J connectivity index is 2.45. The Bertz CT molecular complexity index is 362. The number of hydrogen-bond donors (Lipinski definition) is 2. The Morgan fingerprint density at radius 2 is 2.06 bits per heavy atom. The van der Waals surface area contributed by atoms with E-state index in [2.05, 4.69) is 5.32 Å². The fourth-order valence-electron chi connectivity index (χ4n) is 1.39. The number of aliphatic carboxylic acids is 1. The summed E-state index contributed by atoms with van der Waals surface area (Å²) in [5.41, 5.74) is 0. The molecule has 0 unspecified atom stereocenters. The second-order valence-electron chi connectivity index (χ2n) is 3.88. The number of carbonyl (C=O) groups is 3. The van der Waals surface area contributed by atoms with Crippen LogP contribution in [0.25, 0.3) is 0 Å². The fourth-order valence-corrected chi connectivity index (χ4v) is 1.39. The van der Waals surface area contributed by atoms with Gasteiger partial charge >= 0.3 is 12.0 Å². The molecule has 1 rings (SSSR count). The van der Waals surface area contributed by atoms with Crippen molar-refractivity contribution in [3.05, 3.63) is 12.2 Å². The van der Waals surface area contributed by atoms with Crippen molar-refractivity contribution >= 4 is 17.9 Å². The largest absolute Gasteiger partial charge is 0.478 e. The zero-order chi connectivity index (χ0) is 13.5. The monoisotopic (exact) mass is 256 g/mol. The van der Waals surface area contributed by atoms with Crippen molar-refractivity contribution < 1.29 is 24.2 Å². The van der Waals surface area contributed by atoms with Crippen LogP contribution in [0, 0.1) is 0 Å². The molecule has 0 bridgehead atoms. The van der Waals surface area contributed by atoms with Crippen molar-refractivity contribution in [1.29, 1.82) is 0 Å². The molecule has 1 aliphatic rings. The standard InChI is InChI=1S/C11H16N2O5/c1-18-7-6-13(8-2-3-8)11(17)12-9(14)4-5-10(15)16/h4-5,8H,2-3,6-7H2,1H3,(H,15,16)(H,12,14,17)/b5-4+. The summed E-state index contributed by atoms with van der Waals surface area (Å²) < 4.78 is 4.89. The summed E-state index contributed by atoms with van der Waals surface area (Å²) >= 11 is 0. The molecule has 100 valence electrons. The number of ether oxygens (including phenoxy) is 1. The molecule has 1 saturated carbocycles. The third-order valence-electron chi connectivity index (χ3n) is 2.39. The lowest BCUT2D eigenvalue weighted by atomic mass is 10.4. The molecule has 0 spiro atoms. The van der Waals surface area contributed by atoms with E-state index in [-0.39, 0.29) is 6.04 Å². The van der Waals surface area contributed by atoms with Gasteiger partial charge in [-0.15, -0.1) is 0 Å². The van der Waals surface area contributed by atoms with Gasteiger partial charge in [0.25, 0.3) is 5.91 Å². The van der Waals surface area contributed by atoms with Gasteiger partial charge in [-0.1, -0.05) is 0 Å². The van der Waals surface area contributed by atoms with Crippen LogP contribution in [0.15, 0.2) is 12.2 Å².